The minimum atomic E-state index is -0.492. The van der Waals surface area contributed by atoms with Crippen LogP contribution in [0.1, 0.15) is 52.7 Å². The molecule has 0 nitrogen and oxygen atoms in total. The number of halogens is 2. The van der Waals surface area contributed by atoms with Crippen LogP contribution in [0.5, 0.6) is 0 Å². The van der Waals surface area contributed by atoms with Crippen LogP contribution in [0.25, 0.3) is 0 Å². The van der Waals surface area contributed by atoms with Crippen molar-refractivity contribution >= 4 is 16.6 Å². The fourth-order valence-corrected chi connectivity index (χ4v) is 1.75. The molecule has 0 heterocycles. The molecule has 27 heavy (non-hydrogen) atoms. The molecule has 0 spiro atoms. The molecule has 0 fully saturated rings. The molecule has 2 aromatic carbocycles. The minimum absolute atomic E-state index is 0. The average molecular weight is 610 g/mol. The molecule has 0 atom stereocenters. The molecule has 0 unspecified atom stereocenters. The van der Waals surface area contributed by atoms with Crippen molar-refractivity contribution in [3.8, 4) is 0 Å². The van der Waals surface area contributed by atoms with E-state index in [1.165, 1.54) is 11.1 Å². The van der Waals surface area contributed by atoms with E-state index in [0.29, 0.717) is 19.9 Å². The molecule has 0 aliphatic rings. The van der Waals surface area contributed by atoms with Crippen LogP contribution < -0.4 is 24.8 Å². The molecule has 0 aliphatic carbocycles. The zero-order chi connectivity index (χ0) is 19.0. The summed E-state index contributed by atoms with van der Waals surface area (Å²) in [4.78, 5) is 0. The Balaban J connectivity index is -0.000000142. The van der Waals surface area contributed by atoms with E-state index in [4.69, 9.17) is 0 Å². The van der Waals surface area contributed by atoms with Gasteiger partial charge in [-0.25, -0.2) is 12.1 Å². The molecule has 0 bridgehead atoms. The summed E-state index contributed by atoms with van der Waals surface area (Å²) in [5.41, 5.74) is 3.48. The zero-order valence-electron chi connectivity index (χ0n) is 19.1. The van der Waals surface area contributed by atoms with Gasteiger partial charge < -0.3 is 24.8 Å². The standard InChI is InChI=1S/2C9H13.C4H14Si2.2ClH.Hf/c2*1-9(2,3)8-6-4-5-7-8;1-5-6(2,3)4;;;/h2*4-7H,1-3H3;5H2,1-4H3;2*1H;/q2*-1;;;;+4/p-2. The van der Waals surface area contributed by atoms with E-state index in [-0.39, 0.29) is 50.7 Å². The summed E-state index contributed by atoms with van der Waals surface area (Å²) in [5.74, 6) is 0. The third-order valence-electron chi connectivity index (χ3n) is 4.12. The molecular weight excluding hydrogens is 570 g/mol. The predicted octanol–water partition coefficient (Wildman–Crippen LogP) is 0.450. The first-order valence-corrected chi connectivity index (χ1v) is 16.5. The Labute approximate surface area is 204 Å². The molecule has 0 radical (unpaired) electrons. The average Bonchev–Trinajstić information content (AvgIpc) is 3.11. The summed E-state index contributed by atoms with van der Waals surface area (Å²) in [6.45, 7) is 23.1. The van der Waals surface area contributed by atoms with Crippen LogP contribution in [0.2, 0.25) is 26.2 Å². The van der Waals surface area contributed by atoms with Gasteiger partial charge in [-0.2, -0.15) is 47.5 Å². The Kier molecular flexibility index (Phi) is 20.0. The maximum atomic E-state index is 2.44. The van der Waals surface area contributed by atoms with E-state index in [9.17, 15) is 0 Å². The van der Waals surface area contributed by atoms with Gasteiger partial charge in [-0.15, -0.1) is 0 Å². The molecule has 0 aromatic heterocycles. The second kappa shape index (κ2) is 15.4. The van der Waals surface area contributed by atoms with Crippen molar-refractivity contribution in [3.63, 3.8) is 0 Å². The first-order valence-electron chi connectivity index (χ1n) is 9.22. The van der Waals surface area contributed by atoms with E-state index in [0.717, 1.165) is 0 Å². The van der Waals surface area contributed by atoms with Gasteiger partial charge in [0.25, 0.3) is 0 Å². The van der Waals surface area contributed by atoms with E-state index >= 15 is 0 Å². The second-order valence-corrected chi connectivity index (χ2v) is 24.1. The summed E-state index contributed by atoms with van der Waals surface area (Å²) in [7, 11) is -0.101. The fraction of sp³-hybridized carbons (Fsp3) is 0.545. The van der Waals surface area contributed by atoms with Crippen LogP contribution in [0, 0.1) is 0 Å². The Morgan fingerprint density at radius 1 is 0.741 bits per heavy atom. The van der Waals surface area contributed by atoms with Gasteiger partial charge >= 0.3 is 25.8 Å². The van der Waals surface area contributed by atoms with Gasteiger partial charge in [0.05, 0.1) is 0 Å². The van der Waals surface area contributed by atoms with Gasteiger partial charge in [-0.05, 0) is 0 Å². The second-order valence-electron chi connectivity index (χ2n) is 9.76. The van der Waals surface area contributed by atoms with Gasteiger partial charge in [-0.3, -0.25) is 0 Å². The largest absolute Gasteiger partial charge is 4.00 e. The van der Waals surface area contributed by atoms with Gasteiger partial charge in [0, 0.05) is 16.6 Å². The van der Waals surface area contributed by atoms with Crippen LogP contribution >= 0.6 is 0 Å². The normalized spacial score (nSPS) is 11.0. The third-order valence-corrected chi connectivity index (χ3v) is 12.6. The zero-order valence-corrected chi connectivity index (χ0v) is 26.6. The molecule has 0 saturated heterocycles. The Morgan fingerprint density at radius 2 is 1.00 bits per heavy atom. The van der Waals surface area contributed by atoms with Crippen LogP contribution in [0.4, 0.5) is 0 Å². The molecular formula is C22H40Cl2HfSi2. The number of hydrogen-bond donors (Lipinski definition) is 0. The summed E-state index contributed by atoms with van der Waals surface area (Å²) in [6.07, 6.45) is 0. The van der Waals surface area contributed by atoms with Gasteiger partial charge in [0.2, 0.25) is 0 Å². The molecule has 154 valence electrons. The third kappa shape index (κ3) is 18.4. The van der Waals surface area contributed by atoms with E-state index in [1.807, 2.05) is 0 Å². The Bertz CT molecular complexity index is 484. The van der Waals surface area contributed by atoms with Crippen LogP contribution in [0.3, 0.4) is 0 Å². The first-order chi connectivity index (χ1) is 10.8. The molecule has 0 amide bonds. The van der Waals surface area contributed by atoms with Gasteiger partial charge in [-0.1, -0.05) is 78.6 Å². The first kappa shape index (κ1) is 35.0. The summed E-state index contributed by atoms with van der Waals surface area (Å²) in [5, 5.41) is 0. The maximum absolute atomic E-state index is 2.44. The van der Waals surface area contributed by atoms with Crippen molar-refractivity contribution in [2.75, 3.05) is 0 Å². The SMILES string of the molecule is CC(C)(C)c1cc[cH-]c1.CC(C)(C)c1cc[cH-]c1.C[SiH2][Si](C)(C)C.[Cl-].[Cl-].[Hf+4]. The topological polar surface area (TPSA) is 0 Å². The monoisotopic (exact) mass is 610 g/mol. The smallest absolute Gasteiger partial charge is 1.00 e. The Hall–Kier alpha value is 0.584. The number of rotatable bonds is 1. The number of hydrogen-bond acceptors (Lipinski definition) is 0. The molecule has 5 heteroatoms. The summed E-state index contributed by atoms with van der Waals surface area (Å²) < 4.78 is 0. The van der Waals surface area contributed by atoms with Crippen molar-refractivity contribution in [2.45, 2.75) is 78.6 Å². The van der Waals surface area contributed by atoms with E-state index in [2.05, 4.69) is 116 Å². The summed E-state index contributed by atoms with van der Waals surface area (Å²) >= 11 is 0. The Morgan fingerprint density at radius 3 is 1.07 bits per heavy atom. The van der Waals surface area contributed by atoms with Crippen molar-refractivity contribution in [3.05, 3.63) is 59.7 Å². The van der Waals surface area contributed by atoms with Crippen molar-refractivity contribution in [2.24, 2.45) is 0 Å². The van der Waals surface area contributed by atoms with E-state index < -0.39 is 7.59 Å². The van der Waals surface area contributed by atoms with E-state index in [1.54, 1.807) is 0 Å². The molecule has 0 saturated carbocycles. The molecule has 2 aromatic rings. The molecule has 0 aliphatic heterocycles. The van der Waals surface area contributed by atoms with Gasteiger partial charge in [0.15, 0.2) is 0 Å². The maximum Gasteiger partial charge on any atom is 4.00 e. The van der Waals surface area contributed by atoms with Gasteiger partial charge in [0.1, 0.15) is 0 Å². The molecule has 0 N–H and O–H groups in total. The van der Waals surface area contributed by atoms with Crippen LogP contribution in [-0.2, 0) is 36.7 Å². The fourth-order valence-electron chi connectivity index (χ4n) is 1.75. The van der Waals surface area contributed by atoms with Crippen LogP contribution in [0.15, 0.2) is 48.5 Å². The minimum Gasteiger partial charge on any atom is -1.00 e. The molecule has 2 rings (SSSR count). The summed E-state index contributed by atoms with van der Waals surface area (Å²) in [6, 6.07) is 17.0. The van der Waals surface area contributed by atoms with Crippen molar-refractivity contribution in [1.82, 2.24) is 0 Å². The van der Waals surface area contributed by atoms with Crippen LogP contribution in [-0.4, -0.2) is 16.6 Å². The van der Waals surface area contributed by atoms with Crippen molar-refractivity contribution < 1.29 is 50.7 Å². The van der Waals surface area contributed by atoms with Crippen molar-refractivity contribution in [1.29, 1.82) is 0 Å². The quantitative estimate of drug-likeness (QED) is 0.326. The predicted molar refractivity (Wildman–Crippen MR) is 119 cm³/mol.